The van der Waals surface area contributed by atoms with E-state index < -0.39 is 21.8 Å². The number of sulfonamides is 1. The molecular weight excluding hydrogens is 544 g/mol. The predicted octanol–water partition coefficient (Wildman–Crippen LogP) is 4.96. The lowest BCUT2D eigenvalue weighted by Crippen LogP contribution is -2.38. The number of hydrogen-bond acceptors (Lipinski definition) is 4. The SMILES string of the molecule is C.C#CC#CC#CC#CC#C.CC1CCN(S(=O)(=O)c2ccc(N3C(=O)c4ccccc4C3=O)c3ccccc23)CC1. The van der Waals surface area contributed by atoms with Gasteiger partial charge < -0.3 is 0 Å². The number of imide groups is 1. The van der Waals surface area contributed by atoms with Gasteiger partial charge in [0.1, 0.15) is 0 Å². The zero-order valence-electron chi connectivity index (χ0n) is 22.3. The number of carbonyl (C=O) groups excluding carboxylic acids is 2. The second-order valence-corrected chi connectivity index (χ2v) is 11.2. The maximum atomic E-state index is 13.4. The van der Waals surface area contributed by atoms with Gasteiger partial charge in [0.05, 0.1) is 21.7 Å². The molecule has 0 aliphatic carbocycles. The van der Waals surface area contributed by atoms with Crippen molar-refractivity contribution in [3.8, 4) is 60.2 Å². The van der Waals surface area contributed by atoms with Gasteiger partial charge in [0.15, 0.2) is 0 Å². The molecule has 5 rings (SSSR count). The van der Waals surface area contributed by atoms with E-state index in [1.807, 2.05) is 0 Å². The van der Waals surface area contributed by atoms with Crippen molar-refractivity contribution in [3.63, 3.8) is 0 Å². The Hall–Kier alpha value is -5.23. The van der Waals surface area contributed by atoms with Gasteiger partial charge in [0.2, 0.25) is 10.0 Å². The fourth-order valence-electron chi connectivity index (χ4n) is 4.64. The molecule has 2 amide bonds. The average Bonchev–Trinajstić information content (AvgIpc) is 3.24. The van der Waals surface area contributed by atoms with Gasteiger partial charge in [-0.1, -0.05) is 50.7 Å². The Bertz CT molecular complexity index is 1850. The van der Waals surface area contributed by atoms with Crippen molar-refractivity contribution in [2.45, 2.75) is 32.1 Å². The Kier molecular flexibility index (Phi) is 10.4. The Morgan fingerprint density at radius 1 is 0.714 bits per heavy atom. The molecular formula is C35H28N2O4S. The zero-order chi connectivity index (χ0) is 29.4. The van der Waals surface area contributed by atoms with Gasteiger partial charge in [-0.25, -0.2) is 13.3 Å². The highest BCUT2D eigenvalue weighted by atomic mass is 32.2. The lowest BCUT2D eigenvalue weighted by molar-refractivity contribution is 0.0926. The number of anilines is 1. The molecule has 1 saturated heterocycles. The lowest BCUT2D eigenvalue weighted by Gasteiger charge is -2.30. The van der Waals surface area contributed by atoms with Crippen LogP contribution in [0.15, 0.2) is 65.6 Å². The van der Waals surface area contributed by atoms with Crippen molar-refractivity contribution in [2.24, 2.45) is 5.92 Å². The molecule has 0 N–H and O–H groups in total. The molecule has 0 bridgehead atoms. The summed E-state index contributed by atoms with van der Waals surface area (Å²) in [5, 5.41) is 1.07. The van der Waals surface area contributed by atoms with E-state index in [0.717, 1.165) is 17.7 Å². The summed E-state index contributed by atoms with van der Waals surface area (Å²) in [6.45, 7) is 3.13. The van der Waals surface area contributed by atoms with Crippen molar-refractivity contribution in [1.82, 2.24) is 4.31 Å². The minimum absolute atomic E-state index is 0. The van der Waals surface area contributed by atoms with Gasteiger partial charge in [0, 0.05) is 23.9 Å². The van der Waals surface area contributed by atoms with Crippen LogP contribution in [-0.2, 0) is 10.0 Å². The van der Waals surface area contributed by atoms with Crippen LogP contribution in [0.5, 0.6) is 0 Å². The molecule has 3 aromatic rings. The van der Waals surface area contributed by atoms with Crippen LogP contribution in [0.4, 0.5) is 5.69 Å². The van der Waals surface area contributed by atoms with Gasteiger partial charge in [-0.3, -0.25) is 9.59 Å². The number of piperidine rings is 1. The van der Waals surface area contributed by atoms with Gasteiger partial charge in [-0.15, -0.1) is 12.8 Å². The number of benzene rings is 3. The first-order valence-electron chi connectivity index (χ1n) is 12.7. The Morgan fingerprint density at radius 2 is 1.19 bits per heavy atom. The third-order valence-electron chi connectivity index (χ3n) is 6.71. The first-order chi connectivity index (χ1) is 19.8. The van der Waals surface area contributed by atoms with Crippen LogP contribution >= 0.6 is 0 Å². The molecule has 7 heteroatoms. The van der Waals surface area contributed by atoms with Gasteiger partial charge in [-0.05, 0) is 90.4 Å². The van der Waals surface area contributed by atoms with Crippen LogP contribution in [0.25, 0.3) is 10.8 Å². The van der Waals surface area contributed by atoms with Crippen LogP contribution in [0.3, 0.4) is 0 Å². The molecule has 0 aromatic heterocycles. The van der Waals surface area contributed by atoms with E-state index in [0.29, 0.717) is 46.6 Å². The summed E-state index contributed by atoms with van der Waals surface area (Å²) in [4.78, 5) is 27.3. The van der Waals surface area contributed by atoms with Crippen molar-refractivity contribution in [2.75, 3.05) is 18.0 Å². The van der Waals surface area contributed by atoms with E-state index in [1.54, 1.807) is 54.6 Å². The Labute approximate surface area is 248 Å². The van der Waals surface area contributed by atoms with E-state index in [9.17, 15) is 18.0 Å². The molecule has 6 nitrogen and oxygen atoms in total. The molecule has 0 saturated carbocycles. The summed E-state index contributed by atoms with van der Waals surface area (Å²) in [5.74, 6) is 18.1. The summed E-state index contributed by atoms with van der Waals surface area (Å²) in [6, 6.07) is 16.8. The lowest BCUT2D eigenvalue weighted by atomic mass is 10.0. The summed E-state index contributed by atoms with van der Waals surface area (Å²) < 4.78 is 28.4. The minimum atomic E-state index is -3.69. The molecule has 2 aliphatic heterocycles. The molecule has 1 fully saturated rings. The second-order valence-electron chi connectivity index (χ2n) is 9.24. The number of hydrogen-bond donors (Lipinski definition) is 0. The number of fused-ring (bicyclic) bond motifs is 2. The third-order valence-corrected chi connectivity index (χ3v) is 8.67. The monoisotopic (exact) mass is 572 g/mol. The number of amides is 2. The normalized spacial score (nSPS) is 14.1. The molecule has 208 valence electrons. The molecule has 2 heterocycles. The van der Waals surface area contributed by atoms with Crippen LogP contribution in [0, 0.1) is 66.1 Å². The van der Waals surface area contributed by atoms with E-state index in [2.05, 4.69) is 54.3 Å². The van der Waals surface area contributed by atoms with Crippen molar-refractivity contribution >= 4 is 38.3 Å². The van der Waals surface area contributed by atoms with E-state index in [4.69, 9.17) is 12.8 Å². The number of carbonyl (C=O) groups is 2. The highest BCUT2D eigenvalue weighted by Crippen LogP contribution is 2.37. The first-order valence-corrected chi connectivity index (χ1v) is 14.2. The summed E-state index contributed by atoms with van der Waals surface area (Å²) in [7, 11) is -3.69. The quantitative estimate of drug-likeness (QED) is 0.329. The van der Waals surface area contributed by atoms with E-state index in [1.165, 1.54) is 10.4 Å². The van der Waals surface area contributed by atoms with Gasteiger partial charge >= 0.3 is 0 Å². The highest BCUT2D eigenvalue weighted by molar-refractivity contribution is 7.89. The Balaban J connectivity index is 0.000000381. The maximum Gasteiger partial charge on any atom is 0.266 e. The topological polar surface area (TPSA) is 74.8 Å². The van der Waals surface area contributed by atoms with Crippen LogP contribution < -0.4 is 4.90 Å². The van der Waals surface area contributed by atoms with Crippen molar-refractivity contribution < 1.29 is 18.0 Å². The average molecular weight is 573 g/mol. The van der Waals surface area contributed by atoms with Gasteiger partial charge in [-0.2, -0.15) is 4.31 Å². The fraction of sp³-hybridized carbons (Fsp3) is 0.200. The van der Waals surface area contributed by atoms with Crippen LogP contribution in [0.2, 0.25) is 0 Å². The first kappa shape index (κ1) is 31.3. The zero-order valence-corrected chi connectivity index (χ0v) is 23.1. The number of rotatable bonds is 3. The summed E-state index contributed by atoms with van der Waals surface area (Å²) >= 11 is 0. The Morgan fingerprint density at radius 3 is 1.71 bits per heavy atom. The van der Waals surface area contributed by atoms with Crippen LogP contribution in [0.1, 0.15) is 47.9 Å². The second kappa shape index (κ2) is 13.9. The smallest absolute Gasteiger partial charge is 0.266 e. The van der Waals surface area contributed by atoms with Gasteiger partial charge in [0.25, 0.3) is 11.8 Å². The molecule has 0 radical (unpaired) electrons. The van der Waals surface area contributed by atoms with Crippen molar-refractivity contribution in [3.05, 3.63) is 71.8 Å². The van der Waals surface area contributed by atoms with Crippen LogP contribution in [-0.4, -0.2) is 37.6 Å². The number of terminal acetylenes is 2. The number of nitrogens with zero attached hydrogens (tertiary/aromatic N) is 2. The molecule has 42 heavy (non-hydrogen) atoms. The predicted molar refractivity (Wildman–Crippen MR) is 166 cm³/mol. The fourth-order valence-corrected chi connectivity index (χ4v) is 6.31. The summed E-state index contributed by atoms with van der Waals surface area (Å²) in [6.07, 6.45) is 11.3. The molecule has 3 aromatic carbocycles. The standard InChI is InChI=1S/C24H22N2O4S.C10H2.CH4/c1-16-12-14-25(15-13-16)31(29,30)22-11-10-21(17-6-2-3-7-18(17)22)26-23(27)19-8-4-5-9-20(19)24(26)28;1-3-5-7-9-10-8-6-4-2;/h2-11,16H,12-15H2,1H3;1-2H;1H4. The van der Waals surface area contributed by atoms with E-state index in [-0.39, 0.29) is 12.3 Å². The van der Waals surface area contributed by atoms with Crippen molar-refractivity contribution in [1.29, 1.82) is 0 Å². The minimum Gasteiger partial charge on any atom is -0.268 e. The molecule has 2 aliphatic rings. The summed E-state index contributed by atoms with van der Waals surface area (Å²) in [5.41, 5.74) is 1.11. The molecule has 0 unspecified atom stereocenters. The maximum absolute atomic E-state index is 13.4. The molecule has 0 spiro atoms. The van der Waals surface area contributed by atoms with E-state index >= 15 is 0 Å². The largest absolute Gasteiger partial charge is 0.268 e. The molecule has 0 atom stereocenters. The highest BCUT2D eigenvalue weighted by Gasteiger charge is 2.38. The third kappa shape index (κ3) is 6.39.